The molecule has 0 aliphatic carbocycles. The maximum Gasteiger partial charge on any atom is 0.278 e. The second-order valence-corrected chi connectivity index (χ2v) is 11.0. The van der Waals surface area contributed by atoms with Crippen molar-refractivity contribution < 1.29 is 23.0 Å². The van der Waals surface area contributed by atoms with Gasteiger partial charge in [-0.1, -0.05) is 18.2 Å². The van der Waals surface area contributed by atoms with Crippen LogP contribution in [0.1, 0.15) is 13.8 Å². The number of carbonyl (C=O) groups excluding carboxylic acids is 1. The number of pyridine rings is 1. The van der Waals surface area contributed by atoms with Gasteiger partial charge in [0.1, 0.15) is 18.1 Å². The monoisotopic (exact) mass is 445 g/mol. The second kappa shape index (κ2) is 8.12. The summed E-state index contributed by atoms with van der Waals surface area (Å²) < 4.78 is 36.2. The van der Waals surface area contributed by atoms with E-state index in [0.717, 1.165) is 5.69 Å². The molecule has 8 nitrogen and oxygen atoms in total. The van der Waals surface area contributed by atoms with Gasteiger partial charge in [0.2, 0.25) is 4.75 Å². The predicted molar refractivity (Wildman–Crippen MR) is 117 cm³/mol. The number of sulfone groups is 1. The number of rotatable bonds is 6. The summed E-state index contributed by atoms with van der Waals surface area (Å²) in [7, 11) is -2.12. The van der Waals surface area contributed by atoms with Gasteiger partial charge < -0.3 is 23.8 Å². The van der Waals surface area contributed by atoms with Crippen LogP contribution in [0.3, 0.4) is 0 Å². The van der Waals surface area contributed by atoms with Crippen LogP contribution in [0.25, 0.3) is 0 Å². The molecule has 2 aliphatic rings. The lowest BCUT2D eigenvalue weighted by atomic mass is 10.1. The predicted octanol–water partition coefficient (Wildman–Crippen LogP) is 1.98. The molecular formula is C22H27N3O5S. The van der Waals surface area contributed by atoms with Crippen LogP contribution in [0.15, 0.2) is 48.8 Å². The number of fused-ring (bicyclic) bond motifs is 1. The quantitative estimate of drug-likeness (QED) is 0.628. The highest BCUT2D eigenvalue weighted by Gasteiger charge is 2.63. The Labute approximate surface area is 183 Å². The average Bonchev–Trinajstić information content (AvgIpc) is 3.22. The van der Waals surface area contributed by atoms with Crippen molar-refractivity contribution in [1.29, 1.82) is 0 Å². The number of benzene rings is 1. The fraction of sp³-hybridized carbons (Fsp3) is 0.455. The molecule has 1 aromatic carbocycles. The van der Waals surface area contributed by atoms with Crippen LogP contribution < -0.4 is 14.4 Å². The highest BCUT2D eigenvalue weighted by molar-refractivity contribution is 8.00. The zero-order chi connectivity index (χ0) is 22.2. The first-order chi connectivity index (χ1) is 14.8. The summed E-state index contributed by atoms with van der Waals surface area (Å²) in [6.07, 6.45) is 3.28. The highest BCUT2D eigenvalue weighted by Crippen LogP contribution is 2.41. The maximum atomic E-state index is 13.3. The Morgan fingerprint density at radius 3 is 2.65 bits per heavy atom. The van der Waals surface area contributed by atoms with Crippen LogP contribution >= 0.6 is 0 Å². The molecule has 2 saturated heterocycles. The van der Waals surface area contributed by atoms with E-state index in [2.05, 4.69) is 4.98 Å². The third-order valence-corrected chi connectivity index (χ3v) is 9.02. The standard InChI is InChI=1S/C22H27N3O5S/c1-22(2)21(26)25(9-10-30-17-7-5-4-6-8-17)19-14-24(15-20(19)31(22,27)28)16-11-18(29-3)13-23-12-16/h4-8,11-13,19-20H,9-10,14-15H2,1-3H3/t19-,20+/m0/s1. The highest BCUT2D eigenvalue weighted by atomic mass is 32.3. The van der Waals surface area contributed by atoms with E-state index in [0.29, 0.717) is 31.1 Å². The van der Waals surface area contributed by atoms with E-state index >= 15 is 0 Å². The second-order valence-electron chi connectivity index (χ2n) is 8.31. The van der Waals surface area contributed by atoms with Crippen molar-refractivity contribution in [3.8, 4) is 11.5 Å². The molecule has 3 heterocycles. The summed E-state index contributed by atoms with van der Waals surface area (Å²) in [5, 5.41) is -0.678. The Bertz CT molecular complexity index is 1000. The zero-order valence-corrected chi connectivity index (χ0v) is 18.7. The van der Waals surface area contributed by atoms with Crippen molar-refractivity contribution in [2.45, 2.75) is 29.9 Å². The van der Waals surface area contributed by atoms with Crippen molar-refractivity contribution in [3.05, 3.63) is 48.8 Å². The topological polar surface area (TPSA) is 95.0 Å². The van der Waals surface area contributed by atoms with Gasteiger partial charge >= 0.3 is 0 Å². The fourth-order valence-electron chi connectivity index (χ4n) is 4.31. The van der Waals surface area contributed by atoms with Crippen LogP contribution in [0.5, 0.6) is 11.5 Å². The largest absolute Gasteiger partial charge is 0.614 e. The number of ether oxygens (including phenoxy) is 2. The molecule has 1 unspecified atom stereocenters. The smallest absolute Gasteiger partial charge is 0.278 e. The number of anilines is 1. The first-order valence-electron chi connectivity index (χ1n) is 10.2. The number of nitrogens with zero attached hydrogens (tertiary/aromatic N) is 3. The number of hydrogen-bond donors (Lipinski definition) is 0. The lowest BCUT2D eigenvalue weighted by molar-refractivity contribution is -0.136. The van der Waals surface area contributed by atoms with E-state index < -0.39 is 26.3 Å². The van der Waals surface area contributed by atoms with Crippen LogP contribution in [0.2, 0.25) is 0 Å². The van der Waals surface area contributed by atoms with Crippen molar-refractivity contribution in [2.24, 2.45) is 0 Å². The Morgan fingerprint density at radius 2 is 1.94 bits per heavy atom. The fourth-order valence-corrected chi connectivity index (χ4v) is 6.45. The third kappa shape index (κ3) is 3.76. The molecule has 1 aromatic heterocycles. The van der Waals surface area contributed by atoms with Gasteiger partial charge in [0, 0.05) is 12.6 Å². The molecule has 0 radical (unpaired) electrons. The summed E-state index contributed by atoms with van der Waals surface area (Å²) in [5.41, 5.74) is 0.773. The van der Waals surface area contributed by atoms with Gasteiger partial charge in [0.25, 0.3) is 5.91 Å². The first kappa shape index (κ1) is 21.6. The van der Waals surface area contributed by atoms with Gasteiger partial charge in [0.05, 0.1) is 54.5 Å². The van der Waals surface area contributed by atoms with Gasteiger partial charge in [-0.15, -0.1) is 4.21 Å². The molecule has 0 saturated carbocycles. The minimum absolute atomic E-state index is 0.288. The molecule has 3 atom stereocenters. The summed E-state index contributed by atoms with van der Waals surface area (Å²) in [5.74, 6) is 0.932. The van der Waals surface area contributed by atoms with E-state index in [1.54, 1.807) is 24.4 Å². The third-order valence-electron chi connectivity index (χ3n) is 6.17. The SMILES string of the molecule is COc1cncc(N2C[C@@H]3[C@H](C2)N(CCOc2ccccc2)C(=O)C(C)(C)[S+]3(=O)[O-])c1. The summed E-state index contributed by atoms with van der Waals surface area (Å²) in [6, 6.07) is 10.7. The van der Waals surface area contributed by atoms with Crippen molar-refractivity contribution >= 4 is 21.8 Å². The number of aromatic nitrogens is 1. The first-order valence-corrected chi connectivity index (χ1v) is 11.8. The normalized spacial score (nSPS) is 27.2. The number of methoxy groups -OCH3 is 1. The minimum atomic E-state index is -3.68. The molecule has 0 bridgehead atoms. The molecular weight excluding hydrogens is 418 g/mol. The zero-order valence-electron chi connectivity index (χ0n) is 17.9. The van der Waals surface area contributed by atoms with Gasteiger partial charge in [-0.3, -0.25) is 9.78 Å². The molecule has 2 aromatic rings. The maximum absolute atomic E-state index is 13.3. The number of para-hydroxylation sites is 1. The van der Waals surface area contributed by atoms with Gasteiger partial charge in [0.15, 0.2) is 5.25 Å². The van der Waals surface area contributed by atoms with E-state index in [1.165, 1.54) is 13.8 Å². The summed E-state index contributed by atoms with van der Waals surface area (Å²) in [6.45, 7) is 4.32. The average molecular weight is 446 g/mol. The van der Waals surface area contributed by atoms with E-state index in [4.69, 9.17) is 9.47 Å². The van der Waals surface area contributed by atoms with Crippen molar-refractivity contribution in [1.82, 2.24) is 9.88 Å². The lowest BCUT2D eigenvalue weighted by Crippen LogP contribution is -2.68. The van der Waals surface area contributed by atoms with E-state index in [9.17, 15) is 13.6 Å². The Hall–Kier alpha value is -2.65. The Balaban J connectivity index is 1.58. The summed E-state index contributed by atoms with van der Waals surface area (Å²) >= 11 is 0. The van der Waals surface area contributed by atoms with E-state index in [1.807, 2.05) is 41.3 Å². The molecule has 1 amide bonds. The summed E-state index contributed by atoms with van der Waals surface area (Å²) in [4.78, 5) is 21.1. The van der Waals surface area contributed by atoms with Crippen LogP contribution in [0.4, 0.5) is 5.69 Å². The van der Waals surface area contributed by atoms with Crippen molar-refractivity contribution in [3.63, 3.8) is 0 Å². The molecule has 166 valence electrons. The molecule has 2 fully saturated rings. The molecule has 31 heavy (non-hydrogen) atoms. The molecule has 0 spiro atoms. The van der Waals surface area contributed by atoms with Gasteiger partial charge in [-0.2, -0.15) is 0 Å². The van der Waals surface area contributed by atoms with E-state index in [-0.39, 0.29) is 12.5 Å². The molecule has 0 N–H and O–H groups in total. The molecule has 4 rings (SSSR count). The molecule has 2 aliphatic heterocycles. The molecule has 9 heteroatoms. The van der Waals surface area contributed by atoms with Crippen LogP contribution in [-0.4, -0.2) is 69.7 Å². The van der Waals surface area contributed by atoms with Gasteiger partial charge in [-0.25, -0.2) is 0 Å². The van der Waals surface area contributed by atoms with Crippen LogP contribution in [-0.2, 0) is 19.2 Å². The number of amides is 1. The lowest BCUT2D eigenvalue weighted by Gasteiger charge is -2.46. The Morgan fingerprint density at radius 1 is 1.19 bits per heavy atom. The van der Waals surface area contributed by atoms with Crippen molar-refractivity contribution in [2.75, 3.05) is 38.3 Å². The van der Waals surface area contributed by atoms with Gasteiger partial charge in [-0.05, 0) is 26.0 Å². The number of carbonyl (C=O) groups is 1. The number of hydrogen-bond acceptors (Lipinski definition) is 7. The minimum Gasteiger partial charge on any atom is -0.614 e. The Kier molecular flexibility index (Phi) is 5.65. The van der Waals surface area contributed by atoms with Crippen LogP contribution in [0, 0.1) is 0 Å².